The number of nitrogens with zero attached hydrogens (tertiary/aromatic N) is 2. The van der Waals surface area contributed by atoms with Gasteiger partial charge in [0.2, 0.25) is 15.9 Å². The molecule has 1 aliphatic heterocycles. The Hall–Kier alpha value is -2.38. The van der Waals surface area contributed by atoms with Crippen LogP contribution in [-0.2, 0) is 14.8 Å². The fourth-order valence-corrected chi connectivity index (χ4v) is 4.80. The second kappa shape index (κ2) is 8.10. The summed E-state index contributed by atoms with van der Waals surface area (Å²) in [5, 5.41) is 0. The molecule has 1 fully saturated rings. The van der Waals surface area contributed by atoms with E-state index in [1.54, 1.807) is 49.4 Å². The summed E-state index contributed by atoms with van der Waals surface area (Å²) < 4.78 is 32.1. The average molecular weight is 388 g/mol. The Bertz CT molecular complexity index is 891. The highest BCUT2D eigenvalue weighted by molar-refractivity contribution is 7.89. The highest BCUT2D eigenvalue weighted by Crippen LogP contribution is 2.27. The van der Waals surface area contributed by atoms with Gasteiger partial charge in [-0.15, -0.1) is 0 Å². The molecule has 0 atom stereocenters. The summed E-state index contributed by atoms with van der Waals surface area (Å²) in [6.07, 6.45) is 1.03. The number of methoxy groups -OCH3 is 1. The molecule has 0 aliphatic carbocycles. The molecule has 3 rings (SSSR count). The standard InChI is InChI=1S/C20H24N2O4S/c1-21(17-7-6-8-18(15-17)26-2)20(23)16-11-13-22(14-12-16)27(24,25)19-9-4-3-5-10-19/h3-10,15-16H,11-14H2,1-2H3. The molecule has 1 aliphatic rings. The molecule has 6 nitrogen and oxygen atoms in total. The van der Waals surface area contributed by atoms with Crippen LogP contribution in [0.1, 0.15) is 12.8 Å². The smallest absolute Gasteiger partial charge is 0.243 e. The summed E-state index contributed by atoms with van der Waals surface area (Å²) in [6.45, 7) is 0.694. The van der Waals surface area contributed by atoms with E-state index in [9.17, 15) is 13.2 Å². The molecule has 27 heavy (non-hydrogen) atoms. The van der Waals surface area contributed by atoms with Crippen molar-refractivity contribution in [3.63, 3.8) is 0 Å². The SMILES string of the molecule is COc1cccc(N(C)C(=O)C2CCN(S(=O)(=O)c3ccccc3)CC2)c1. The first-order chi connectivity index (χ1) is 12.9. The van der Waals surface area contributed by atoms with Gasteiger partial charge in [-0.1, -0.05) is 24.3 Å². The minimum Gasteiger partial charge on any atom is -0.497 e. The van der Waals surface area contributed by atoms with Gasteiger partial charge in [0.15, 0.2) is 0 Å². The maximum absolute atomic E-state index is 12.8. The van der Waals surface area contributed by atoms with Crippen LogP contribution in [0.2, 0.25) is 0 Å². The van der Waals surface area contributed by atoms with Gasteiger partial charge in [-0.25, -0.2) is 8.42 Å². The van der Waals surface area contributed by atoms with Crippen molar-refractivity contribution in [2.24, 2.45) is 5.92 Å². The summed E-state index contributed by atoms with van der Waals surface area (Å²) in [6, 6.07) is 15.8. The summed E-state index contributed by atoms with van der Waals surface area (Å²) >= 11 is 0. The number of amides is 1. The molecule has 2 aromatic rings. The molecule has 0 saturated carbocycles. The zero-order chi connectivity index (χ0) is 19.4. The lowest BCUT2D eigenvalue weighted by molar-refractivity contribution is -0.123. The summed E-state index contributed by atoms with van der Waals surface area (Å²) in [5.41, 5.74) is 0.763. The average Bonchev–Trinajstić information content (AvgIpc) is 2.73. The van der Waals surface area contributed by atoms with Crippen LogP contribution in [0.3, 0.4) is 0 Å². The molecular formula is C20H24N2O4S. The molecule has 1 amide bonds. The van der Waals surface area contributed by atoms with Crippen LogP contribution in [-0.4, -0.2) is 45.9 Å². The second-order valence-corrected chi connectivity index (χ2v) is 8.53. The van der Waals surface area contributed by atoms with Crippen LogP contribution in [0.15, 0.2) is 59.5 Å². The van der Waals surface area contributed by atoms with Crippen molar-refractivity contribution in [1.82, 2.24) is 4.31 Å². The molecule has 0 unspecified atom stereocenters. The van der Waals surface area contributed by atoms with E-state index in [2.05, 4.69) is 0 Å². The molecule has 1 saturated heterocycles. The van der Waals surface area contributed by atoms with Crippen molar-refractivity contribution in [2.45, 2.75) is 17.7 Å². The van der Waals surface area contributed by atoms with Gasteiger partial charge >= 0.3 is 0 Å². The van der Waals surface area contributed by atoms with E-state index in [-0.39, 0.29) is 11.8 Å². The predicted molar refractivity (Wildman–Crippen MR) is 104 cm³/mol. The largest absolute Gasteiger partial charge is 0.497 e. The molecule has 1 heterocycles. The minimum atomic E-state index is -3.50. The van der Waals surface area contributed by atoms with Gasteiger partial charge in [0.25, 0.3) is 0 Å². The third-order valence-electron chi connectivity index (χ3n) is 4.96. The molecule has 7 heteroatoms. The molecule has 0 N–H and O–H groups in total. The number of benzene rings is 2. The van der Waals surface area contributed by atoms with Crippen LogP contribution < -0.4 is 9.64 Å². The van der Waals surface area contributed by atoms with Gasteiger partial charge in [0, 0.05) is 37.8 Å². The molecule has 0 radical (unpaired) electrons. The molecule has 2 aromatic carbocycles. The van der Waals surface area contributed by atoms with E-state index >= 15 is 0 Å². The van der Waals surface area contributed by atoms with Crippen LogP contribution >= 0.6 is 0 Å². The number of carbonyl (C=O) groups is 1. The van der Waals surface area contributed by atoms with Crippen LogP contribution in [0, 0.1) is 5.92 Å². The summed E-state index contributed by atoms with van der Waals surface area (Å²) in [4.78, 5) is 14.8. The molecular weight excluding hydrogens is 364 g/mol. The first kappa shape index (κ1) is 19.4. The van der Waals surface area contributed by atoms with Crippen LogP contribution in [0.4, 0.5) is 5.69 Å². The lowest BCUT2D eigenvalue weighted by Gasteiger charge is -2.32. The Morgan fingerprint density at radius 2 is 1.74 bits per heavy atom. The highest BCUT2D eigenvalue weighted by atomic mass is 32.2. The maximum atomic E-state index is 12.8. The number of rotatable bonds is 5. The summed E-state index contributed by atoms with van der Waals surface area (Å²) in [5.74, 6) is 0.499. The van der Waals surface area contributed by atoms with E-state index in [4.69, 9.17) is 4.74 Å². The zero-order valence-electron chi connectivity index (χ0n) is 15.5. The first-order valence-corrected chi connectivity index (χ1v) is 10.3. The number of ether oxygens (including phenoxy) is 1. The first-order valence-electron chi connectivity index (χ1n) is 8.90. The number of piperidine rings is 1. The van der Waals surface area contributed by atoms with Crippen molar-refractivity contribution in [2.75, 3.05) is 32.1 Å². The lowest BCUT2D eigenvalue weighted by atomic mass is 9.96. The molecule has 0 bridgehead atoms. The van der Waals surface area contributed by atoms with E-state index < -0.39 is 10.0 Å². The Morgan fingerprint density at radius 1 is 1.07 bits per heavy atom. The highest BCUT2D eigenvalue weighted by Gasteiger charge is 2.33. The lowest BCUT2D eigenvalue weighted by Crippen LogP contribution is -2.43. The normalized spacial score (nSPS) is 16.1. The maximum Gasteiger partial charge on any atom is 0.243 e. The Labute approximate surface area is 160 Å². The second-order valence-electron chi connectivity index (χ2n) is 6.59. The number of carbonyl (C=O) groups excluding carboxylic acids is 1. The van der Waals surface area contributed by atoms with Gasteiger partial charge in [-0.2, -0.15) is 4.31 Å². The van der Waals surface area contributed by atoms with Crippen molar-refractivity contribution in [3.8, 4) is 5.75 Å². The van der Waals surface area contributed by atoms with Gasteiger partial charge in [-0.3, -0.25) is 4.79 Å². The van der Waals surface area contributed by atoms with Crippen molar-refractivity contribution in [1.29, 1.82) is 0 Å². The van der Waals surface area contributed by atoms with Crippen molar-refractivity contribution >= 4 is 21.6 Å². The third kappa shape index (κ3) is 4.14. The monoisotopic (exact) mass is 388 g/mol. The van der Waals surface area contributed by atoms with E-state index in [0.717, 1.165) is 5.69 Å². The van der Waals surface area contributed by atoms with Crippen molar-refractivity contribution in [3.05, 3.63) is 54.6 Å². The van der Waals surface area contributed by atoms with Crippen molar-refractivity contribution < 1.29 is 17.9 Å². The van der Waals surface area contributed by atoms with E-state index in [1.165, 1.54) is 4.31 Å². The van der Waals surface area contributed by atoms with Gasteiger partial charge in [0.1, 0.15) is 5.75 Å². The zero-order valence-corrected chi connectivity index (χ0v) is 16.4. The molecule has 0 aromatic heterocycles. The third-order valence-corrected chi connectivity index (χ3v) is 6.87. The Morgan fingerprint density at radius 3 is 2.37 bits per heavy atom. The number of sulfonamides is 1. The number of hydrogen-bond acceptors (Lipinski definition) is 4. The number of hydrogen-bond donors (Lipinski definition) is 0. The van der Waals surface area contributed by atoms with Crippen LogP contribution in [0.5, 0.6) is 5.75 Å². The summed E-state index contributed by atoms with van der Waals surface area (Å²) in [7, 11) is -0.173. The topological polar surface area (TPSA) is 66.9 Å². The number of anilines is 1. The van der Waals surface area contributed by atoms with Gasteiger partial charge in [-0.05, 0) is 37.1 Å². The predicted octanol–water partition coefficient (Wildman–Crippen LogP) is 2.76. The fraction of sp³-hybridized carbons (Fsp3) is 0.350. The van der Waals surface area contributed by atoms with E-state index in [0.29, 0.717) is 36.6 Å². The molecule has 144 valence electrons. The van der Waals surface area contributed by atoms with E-state index in [1.807, 2.05) is 24.3 Å². The Balaban J connectivity index is 1.65. The Kier molecular flexibility index (Phi) is 5.82. The minimum absolute atomic E-state index is 0.0000112. The molecule has 0 spiro atoms. The van der Waals surface area contributed by atoms with Crippen LogP contribution in [0.25, 0.3) is 0 Å². The van der Waals surface area contributed by atoms with Gasteiger partial charge in [0.05, 0.1) is 12.0 Å². The van der Waals surface area contributed by atoms with Gasteiger partial charge < -0.3 is 9.64 Å². The fourth-order valence-electron chi connectivity index (χ4n) is 3.30. The quantitative estimate of drug-likeness (QED) is 0.790.